The van der Waals surface area contributed by atoms with Crippen molar-refractivity contribution in [3.05, 3.63) is 52.9 Å². The van der Waals surface area contributed by atoms with Crippen molar-refractivity contribution in [2.45, 2.75) is 6.92 Å². The van der Waals surface area contributed by atoms with Crippen molar-refractivity contribution >= 4 is 23.2 Å². The Kier molecular flexibility index (Phi) is 4.05. The molecule has 7 nitrogen and oxygen atoms in total. The highest BCUT2D eigenvalue weighted by Crippen LogP contribution is 2.30. The quantitative estimate of drug-likeness (QED) is 0.749. The highest BCUT2D eigenvalue weighted by molar-refractivity contribution is 7.13. The van der Waals surface area contributed by atoms with Crippen molar-refractivity contribution in [2.75, 3.05) is 0 Å². The monoisotopic (exact) mass is 339 g/mol. The molecular weight excluding hydrogens is 326 g/mol. The van der Waals surface area contributed by atoms with Crippen molar-refractivity contribution in [3.8, 4) is 21.8 Å². The molecule has 0 saturated carbocycles. The van der Waals surface area contributed by atoms with Gasteiger partial charge in [-0.25, -0.2) is 4.98 Å². The second-order valence-electron chi connectivity index (χ2n) is 5.06. The molecule has 0 aromatic carbocycles. The second-order valence-corrected chi connectivity index (χ2v) is 5.95. The van der Waals surface area contributed by atoms with Crippen LogP contribution in [0, 0.1) is 6.92 Å². The second kappa shape index (κ2) is 6.17. The van der Waals surface area contributed by atoms with Gasteiger partial charge in [0.1, 0.15) is 5.01 Å². The number of nitrogens with zero attached hydrogens (tertiary/aromatic N) is 3. The van der Waals surface area contributed by atoms with E-state index < -0.39 is 11.8 Å². The molecule has 4 N–H and O–H groups in total. The number of carbonyl (C=O) groups is 2. The number of pyridine rings is 2. The summed E-state index contributed by atoms with van der Waals surface area (Å²) in [5, 5.41) is 2.43. The predicted octanol–water partition coefficient (Wildman–Crippen LogP) is 1.77. The maximum absolute atomic E-state index is 11.9. The van der Waals surface area contributed by atoms with E-state index in [4.69, 9.17) is 11.5 Å². The van der Waals surface area contributed by atoms with E-state index in [2.05, 4.69) is 15.0 Å². The molecule has 3 heterocycles. The number of thiazole rings is 1. The predicted molar refractivity (Wildman–Crippen MR) is 90.3 cm³/mol. The van der Waals surface area contributed by atoms with Crippen LogP contribution in [0.1, 0.15) is 26.3 Å². The van der Waals surface area contributed by atoms with Gasteiger partial charge in [0.2, 0.25) is 11.8 Å². The number of rotatable bonds is 4. The van der Waals surface area contributed by atoms with Gasteiger partial charge in [-0.2, -0.15) is 0 Å². The summed E-state index contributed by atoms with van der Waals surface area (Å²) in [6.45, 7) is 1.73. The molecule has 0 aliphatic heterocycles. The molecule has 0 saturated heterocycles. The number of hydrogen-bond acceptors (Lipinski definition) is 6. The number of hydrogen-bond donors (Lipinski definition) is 2. The molecule has 3 aromatic heterocycles. The van der Waals surface area contributed by atoms with E-state index >= 15 is 0 Å². The van der Waals surface area contributed by atoms with Gasteiger partial charge in [-0.05, 0) is 18.6 Å². The van der Waals surface area contributed by atoms with Crippen LogP contribution in [-0.2, 0) is 0 Å². The maximum Gasteiger partial charge on any atom is 0.249 e. The first-order valence-corrected chi connectivity index (χ1v) is 7.81. The number of aromatic nitrogens is 3. The fraction of sp³-hybridized carbons (Fsp3) is 0.0625. The van der Waals surface area contributed by atoms with Gasteiger partial charge in [0.15, 0.2) is 0 Å². The van der Waals surface area contributed by atoms with Crippen molar-refractivity contribution in [1.29, 1.82) is 0 Å². The fourth-order valence-electron chi connectivity index (χ4n) is 2.42. The lowest BCUT2D eigenvalue weighted by Crippen LogP contribution is -2.16. The molecule has 3 rings (SSSR count). The summed E-state index contributed by atoms with van der Waals surface area (Å²) < 4.78 is 0. The summed E-state index contributed by atoms with van der Waals surface area (Å²) in [7, 11) is 0. The molecule has 24 heavy (non-hydrogen) atoms. The number of amides is 2. The first kappa shape index (κ1) is 15.8. The molecule has 0 aliphatic carbocycles. The Labute approximate surface area is 141 Å². The Hall–Kier alpha value is -3.13. The first-order valence-electron chi connectivity index (χ1n) is 6.93. The molecule has 0 atom stereocenters. The average Bonchev–Trinajstić information content (AvgIpc) is 3.08. The van der Waals surface area contributed by atoms with E-state index in [1.807, 2.05) is 0 Å². The highest BCUT2D eigenvalue weighted by atomic mass is 32.1. The molecule has 8 heteroatoms. The normalized spacial score (nSPS) is 10.5. The zero-order valence-corrected chi connectivity index (χ0v) is 13.5. The molecule has 0 fully saturated rings. The van der Waals surface area contributed by atoms with Crippen LogP contribution in [0.2, 0.25) is 0 Å². The van der Waals surface area contributed by atoms with Gasteiger partial charge in [-0.3, -0.25) is 19.6 Å². The van der Waals surface area contributed by atoms with Crippen LogP contribution in [0.5, 0.6) is 0 Å². The van der Waals surface area contributed by atoms with Crippen molar-refractivity contribution in [1.82, 2.24) is 15.0 Å². The zero-order chi connectivity index (χ0) is 17.3. The molecule has 0 radical (unpaired) electrons. The minimum atomic E-state index is -0.606. The first-order chi connectivity index (χ1) is 11.5. The maximum atomic E-state index is 11.9. The van der Waals surface area contributed by atoms with Crippen molar-refractivity contribution < 1.29 is 9.59 Å². The van der Waals surface area contributed by atoms with Gasteiger partial charge >= 0.3 is 0 Å². The average molecular weight is 339 g/mol. The highest BCUT2D eigenvalue weighted by Gasteiger charge is 2.19. The molecule has 0 aliphatic rings. The van der Waals surface area contributed by atoms with E-state index in [-0.39, 0.29) is 5.56 Å². The van der Waals surface area contributed by atoms with Gasteiger partial charge in [0, 0.05) is 41.3 Å². The van der Waals surface area contributed by atoms with Gasteiger partial charge in [-0.1, -0.05) is 0 Å². The molecule has 120 valence electrons. The lowest BCUT2D eigenvalue weighted by molar-refractivity contribution is 0.0992. The van der Waals surface area contributed by atoms with Crippen molar-refractivity contribution in [2.24, 2.45) is 11.5 Å². The molecule has 0 spiro atoms. The summed E-state index contributed by atoms with van der Waals surface area (Å²) in [6, 6.07) is 1.53. The van der Waals surface area contributed by atoms with Crippen LogP contribution in [0.15, 0.2) is 36.2 Å². The van der Waals surface area contributed by atoms with Crippen LogP contribution in [0.4, 0.5) is 0 Å². The third-order valence-electron chi connectivity index (χ3n) is 3.49. The van der Waals surface area contributed by atoms with Gasteiger partial charge < -0.3 is 11.5 Å². The van der Waals surface area contributed by atoms with Crippen LogP contribution >= 0.6 is 11.3 Å². The van der Waals surface area contributed by atoms with E-state index in [9.17, 15) is 9.59 Å². The third-order valence-corrected chi connectivity index (χ3v) is 4.30. The number of aryl methyl sites for hydroxylation is 1. The summed E-state index contributed by atoms with van der Waals surface area (Å²) in [5.74, 6) is -1.19. The SMILES string of the molecule is Cc1cncc(-c2cc(C(N)=O)c(-c3nccs3)cn2)c1C(N)=O. The lowest BCUT2D eigenvalue weighted by Gasteiger charge is -2.11. The minimum Gasteiger partial charge on any atom is -0.366 e. The van der Waals surface area contributed by atoms with Gasteiger partial charge in [-0.15, -0.1) is 11.3 Å². The van der Waals surface area contributed by atoms with Crippen LogP contribution in [-0.4, -0.2) is 26.8 Å². The standard InChI is InChI=1S/C16H13N5O2S/c1-8-5-19-6-11(13(8)15(18)23)12-4-9(14(17)22)10(7-21-12)16-20-2-3-24-16/h2-7H,1H3,(H2,17,22)(H2,18,23). The number of nitrogens with two attached hydrogens (primary N) is 2. The summed E-state index contributed by atoms with van der Waals surface area (Å²) in [6.07, 6.45) is 6.18. The molecular formula is C16H13N5O2S. The molecule has 3 aromatic rings. The van der Waals surface area contributed by atoms with Gasteiger partial charge in [0.25, 0.3) is 0 Å². The zero-order valence-electron chi connectivity index (χ0n) is 12.7. The van der Waals surface area contributed by atoms with Crippen LogP contribution in [0.25, 0.3) is 21.8 Å². The van der Waals surface area contributed by atoms with E-state index in [0.717, 1.165) is 0 Å². The minimum absolute atomic E-state index is 0.270. The largest absolute Gasteiger partial charge is 0.366 e. The summed E-state index contributed by atoms with van der Waals surface area (Å²) >= 11 is 1.37. The van der Waals surface area contributed by atoms with Crippen LogP contribution in [0.3, 0.4) is 0 Å². The Morgan fingerprint density at radius 1 is 1.04 bits per heavy atom. The number of primary amides is 2. The van der Waals surface area contributed by atoms with E-state index in [1.54, 1.807) is 24.7 Å². The lowest BCUT2D eigenvalue weighted by atomic mass is 9.99. The van der Waals surface area contributed by atoms with Crippen molar-refractivity contribution in [3.63, 3.8) is 0 Å². The molecule has 2 amide bonds. The Morgan fingerprint density at radius 2 is 1.83 bits per heavy atom. The molecule has 0 unspecified atom stereocenters. The summed E-state index contributed by atoms with van der Waals surface area (Å²) in [4.78, 5) is 36.2. The fourth-order valence-corrected chi connectivity index (χ4v) is 3.08. The van der Waals surface area contributed by atoms with E-state index in [0.29, 0.717) is 33.0 Å². The smallest absolute Gasteiger partial charge is 0.249 e. The molecule has 0 bridgehead atoms. The third kappa shape index (κ3) is 2.74. The van der Waals surface area contributed by atoms with Crippen LogP contribution < -0.4 is 11.5 Å². The Morgan fingerprint density at radius 3 is 2.46 bits per heavy atom. The van der Waals surface area contributed by atoms with E-state index in [1.165, 1.54) is 29.8 Å². The topological polar surface area (TPSA) is 125 Å². The number of carbonyl (C=O) groups excluding carboxylic acids is 2. The summed E-state index contributed by atoms with van der Waals surface area (Å²) in [5.41, 5.74) is 13.6. The Balaban J connectivity index is 2.22. The Bertz CT molecular complexity index is 938. The van der Waals surface area contributed by atoms with Gasteiger partial charge in [0.05, 0.1) is 16.8 Å².